The van der Waals surface area contributed by atoms with Gasteiger partial charge in [-0.25, -0.2) is 4.79 Å². The minimum Gasteiger partial charge on any atom is -0.475 e. The van der Waals surface area contributed by atoms with E-state index in [1.165, 1.54) is 0 Å². The van der Waals surface area contributed by atoms with Gasteiger partial charge in [0.05, 0.1) is 18.6 Å². The molecule has 0 atom stereocenters. The van der Waals surface area contributed by atoms with Gasteiger partial charge < -0.3 is 9.84 Å². The molecule has 0 radical (unpaired) electrons. The first-order chi connectivity index (χ1) is 4.56. The topological polar surface area (TPSA) is 63.6 Å². The van der Waals surface area contributed by atoms with Crippen LogP contribution in [0, 0.1) is 5.41 Å². The number of hydrogen-bond acceptors (Lipinski definition) is 3. The summed E-state index contributed by atoms with van der Waals surface area (Å²) in [5, 5.41) is 8.28. The lowest BCUT2D eigenvalue weighted by Crippen LogP contribution is -2.49. The standard InChI is InChI=1S/C6H8O4/c1-6(2-10-3-6)4(7)5(8)9/h2-3H2,1H3,(H,8,9). The quantitative estimate of drug-likeness (QED) is 0.539. The fraction of sp³-hybridized carbons (Fsp3) is 0.667. The molecule has 1 fully saturated rings. The molecule has 56 valence electrons. The molecule has 0 spiro atoms. The van der Waals surface area contributed by atoms with Gasteiger partial charge >= 0.3 is 5.97 Å². The van der Waals surface area contributed by atoms with Gasteiger partial charge in [-0.1, -0.05) is 0 Å². The number of Topliss-reactive ketones (excluding diaryl/α,β-unsaturated/α-hetero) is 1. The summed E-state index contributed by atoms with van der Waals surface area (Å²) in [5.41, 5.74) is -0.758. The van der Waals surface area contributed by atoms with E-state index in [9.17, 15) is 9.59 Å². The lowest BCUT2D eigenvalue weighted by Gasteiger charge is -2.34. The van der Waals surface area contributed by atoms with E-state index >= 15 is 0 Å². The Balaban J connectivity index is 2.64. The molecule has 0 bridgehead atoms. The predicted octanol–water partition coefficient (Wildman–Crippen LogP) is -0.323. The molecule has 4 heteroatoms. The zero-order valence-corrected chi connectivity index (χ0v) is 5.59. The van der Waals surface area contributed by atoms with E-state index < -0.39 is 17.2 Å². The zero-order chi connectivity index (χ0) is 7.78. The minimum atomic E-state index is -1.37. The Morgan fingerprint density at radius 2 is 2.00 bits per heavy atom. The van der Waals surface area contributed by atoms with Gasteiger partial charge in [0.25, 0.3) is 0 Å². The largest absolute Gasteiger partial charge is 0.475 e. The highest BCUT2D eigenvalue weighted by Gasteiger charge is 2.44. The lowest BCUT2D eigenvalue weighted by molar-refractivity contribution is -0.169. The second-order valence-electron chi connectivity index (χ2n) is 2.69. The first-order valence-corrected chi connectivity index (χ1v) is 2.92. The average Bonchev–Trinajstić information content (AvgIpc) is 1.81. The number of aliphatic carboxylic acids is 1. The molecule has 0 unspecified atom stereocenters. The number of carboxylic acids is 1. The van der Waals surface area contributed by atoms with E-state index in [-0.39, 0.29) is 13.2 Å². The van der Waals surface area contributed by atoms with Crippen molar-refractivity contribution in [3.8, 4) is 0 Å². The van der Waals surface area contributed by atoms with Crippen LogP contribution in [0.5, 0.6) is 0 Å². The maximum absolute atomic E-state index is 10.8. The van der Waals surface area contributed by atoms with Crippen LogP contribution in [0.15, 0.2) is 0 Å². The number of carbonyl (C=O) groups is 2. The third kappa shape index (κ3) is 0.903. The Kier molecular flexibility index (Phi) is 1.48. The SMILES string of the molecule is CC1(C(=O)C(=O)O)COC1. The van der Waals surface area contributed by atoms with E-state index in [0.717, 1.165) is 0 Å². The summed E-state index contributed by atoms with van der Waals surface area (Å²) < 4.78 is 4.72. The van der Waals surface area contributed by atoms with Crippen molar-refractivity contribution in [1.82, 2.24) is 0 Å². The van der Waals surface area contributed by atoms with Crippen molar-refractivity contribution >= 4 is 11.8 Å². The Labute approximate surface area is 57.8 Å². The maximum atomic E-state index is 10.8. The smallest absolute Gasteiger partial charge is 0.372 e. The first-order valence-electron chi connectivity index (χ1n) is 2.92. The highest BCUT2D eigenvalue weighted by Crippen LogP contribution is 2.27. The number of carboxylic acid groups (broad SMARTS) is 1. The van der Waals surface area contributed by atoms with E-state index in [1.807, 2.05) is 0 Å². The van der Waals surface area contributed by atoms with E-state index in [1.54, 1.807) is 6.92 Å². The van der Waals surface area contributed by atoms with Crippen LogP contribution in [0.25, 0.3) is 0 Å². The fourth-order valence-corrected chi connectivity index (χ4v) is 0.798. The van der Waals surface area contributed by atoms with Crippen LogP contribution in [0.3, 0.4) is 0 Å². The van der Waals surface area contributed by atoms with Crippen LogP contribution in [0.2, 0.25) is 0 Å². The summed E-state index contributed by atoms with van der Waals surface area (Å²) in [6.45, 7) is 2.06. The average molecular weight is 144 g/mol. The molecule has 0 amide bonds. The Morgan fingerprint density at radius 1 is 1.50 bits per heavy atom. The molecule has 0 aromatic rings. The van der Waals surface area contributed by atoms with Gasteiger partial charge in [0.15, 0.2) is 0 Å². The van der Waals surface area contributed by atoms with E-state index in [4.69, 9.17) is 9.84 Å². The molecule has 1 saturated heterocycles. The van der Waals surface area contributed by atoms with Gasteiger partial charge in [0.1, 0.15) is 0 Å². The lowest BCUT2D eigenvalue weighted by atomic mass is 9.84. The van der Waals surface area contributed by atoms with Crippen molar-refractivity contribution in [2.75, 3.05) is 13.2 Å². The van der Waals surface area contributed by atoms with Crippen LogP contribution in [0.4, 0.5) is 0 Å². The van der Waals surface area contributed by atoms with Gasteiger partial charge in [-0.15, -0.1) is 0 Å². The molecule has 1 heterocycles. The molecule has 4 nitrogen and oxygen atoms in total. The van der Waals surface area contributed by atoms with Crippen molar-refractivity contribution in [1.29, 1.82) is 0 Å². The number of ketones is 1. The van der Waals surface area contributed by atoms with Gasteiger partial charge in [-0.3, -0.25) is 4.79 Å². The molecule has 0 aliphatic carbocycles. The van der Waals surface area contributed by atoms with Gasteiger partial charge in [0, 0.05) is 0 Å². The molecule has 1 aliphatic heterocycles. The zero-order valence-electron chi connectivity index (χ0n) is 5.59. The van der Waals surface area contributed by atoms with Crippen LogP contribution >= 0.6 is 0 Å². The number of rotatable bonds is 2. The summed E-state index contributed by atoms with van der Waals surface area (Å²) in [6.07, 6.45) is 0. The molecule has 1 rings (SSSR count). The predicted molar refractivity (Wildman–Crippen MR) is 31.6 cm³/mol. The number of carbonyl (C=O) groups excluding carboxylic acids is 1. The number of ether oxygens (including phenoxy) is 1. The molecule has 0 aromatic heterocycles. The Hall–Kier alpha value is -0.900. The highest BCUT2D eigenvalue weighted by atomic mass is 16.5. The summed E-state index contributed by atoms with van der Waals surface area (Å²) in [7, 11) is 0. The van der Waals surface area contributed by atoms with Gasteiger partial charge in [-0.2, -0.15) is 0 Å². The monoisotopic (exact) mass is 144 g/mol. The summed E-state index contributed by atoms with van der Waals surface area (Å²) >= 11 is 0. The van der Waals surface area contributed by atoms with Crippen molar-refractivity contribution in [3.05, 3.63) is 0 Å². The van der Waals surface area contributed by atoms with E-state index in [0.29, 0.717) is 0 Å². The molecule has 0 saturated carbocycles. The third-order valence-electron chi connectivity index (χ3n) is 1.58. The minimum absolute atomic E-state index is 0.234. The molecular weight excluding hydrogens is 136 g/mol. The second kappa shape index (κ2) is 2.05. The summed E-state index contributed by atoms with van der Waals surface area (Å²) in [6, 6.07) is 0. The molecule has 1 N–H and O–H groups in total. The van der Waals surface area contributed by atoms with E-state index in [2.05, 4.69) is 0 Å². The third-order valence-corrected chi connectivity index (χ3v) is 1.58. The van der Waals surface area contributed by atoms with Gasteiger partial charge in [0.2, 0.25) is 5.78 Å². The van der Waals surface area contributed by atoms with Crippen molar-refractivity contribution < 1.29 is 19.4 Å². The van der Waals surface area contributed by atoms with Crippen LogP contribution in [-0.4, -0.2) is 30.1 Å². The molecular formula is C6H8O4. The normalized spacial score (nSPS) is 21.3. The van der Waals surface area contributed by atoms with Crippen molar-refractivity contribution in [3.63, 3.8) is 0 Å². The van der Waals surface area contributed by atoms with Crippen molar-refractivity contribution in [2.45, 2.75) is 6.92 Å². The molecule has 10 heavy (non-hydrogen) atoms. The van der Waals surface area contributed by atoms with Crippen LogP contribution in [0.1, 0.15) is 6.92 Å². The molecule has 1 aliphatic rings. The van der Waals surface area contributed by atoms with Crippen LogP contribution in [-0.2, 0) is 14.3 Å². The first kappa shape index (κ1) is 7.21. The maximum Gasteiger partial charge on any atom is 0.372 e. The Bertz CT molecular complexity index is 180. The second-order valence-corrected chi connectivity index (χ2v) is 2.69. The summed E-state index contributed by atoms with van der Waals surface area (Å²) in [4.78, 5) is 20.9. The van der Waals surface area contributed by atoms with Crippen molar-refractivity contribution in [2.24, 2.45) is 5.41 Å². The molecule has 0 aromatic carbocycles. The highest BCUT2D eigenvalue weighted by molar-refractivity contribution is 6.35. The number of hydrogen-bond donors (Lipinski definition) is 1. The van der Waals surface area contributed by atoms with Gasteiger partial charge in [-0.05, 0) is 6.92 Å². The summed E-state index contributed by atoms with van der Waals surface area (Å²) in [5.74, 6) is -2.12. The fourth-order valence-electron chi connectivity index (χ4n) is 0.798. The van der Waals surface area contributed by atoms with Crippen LogP contribution < -0.4 is 0 Å². The Morgan fingerprint density at radius 3 is 2.10 bits per heavy atom.